The summed E-state index contributed by atoms with van der Waals surface area (Å²) in [5, 5.41) is 0. The summed E-state index contributed by atoms with van der Waals surface area (Å²) in [4.78, 5) is 13.8. The second kappa shape index (κ2) is 6.79. The monoisotopic (exact) mass is 231 g/mol. The maximum Gasteiger partial charge on any atom is 0.293 e. The van der Waals surface area contributed by atoms with Crippen LogP contribution in [0.4, 0.5) is 0 Å². The molecule has 0 aromatic carbocycles. The average Bonchev–Trinajstić information content (AvgIpc) is 2.07. The first kappa shape index (κ1) is 11.1. The van der Waals surface area contributed by atoms with E-state index in [1.807, 2.05) is 18.2 Å². The van der Waals surface area contributed by atoms with E-state index in [0.717, 1.165) is 5.69 Å². The number of nitrogens with zero attached hydrogens (tertiary/aromatic N) is 1. The van der Waals surface area contributed by atoms with Gasteiger partial charge in [-0.2, -0.15) is 0 Å². The van der Waals surface area contributed by atoms with Crippen LogP contribution < -0.4 is 0 Å². The number of pyridine rings is 1. The molecule has 0 unspecified atom stereocenters. The molecule has 0 amide bonds. The molecule has 12 heavy (non-hydrogen) atoms. The van der Waals surface area contributed by atoms with Gasteiger partial charge >= 0.3 is 0 Å². The first-order valence-electron chi connectivity index (χ1n) is 3.38. The Bertz CT molecular complexity index is 216. The van der Waals surface area contributed by atoms with Gasteiger partial charge in [-0.1, -0.05) is 6.07 Å². The van der Waals surface area contributed by atoms with Gasteiger partial charge in [-0.3, -0.25) is 9.78 Å². The van der Waals surface area contributed by atoms with Crippen LogP contribution >= 0.6 is 17.0 Å². The van der Waals surface area contributed by atoms with Crippen molar-refractivity contribution in [2.75, 3.05) is 6.61 Å². The quantitative estimate of drug-likeness (QED) is 0.581. The molecule has 0 saturated heterocycles. The highest BCUT2D eigenvalue weighted by Gasteiger charge is 1.90. The summed E-state index contributed by atoms with van der Waals surface area (Å²) in [5.41, 5.74) is 0.939. The van der Waals surface area contributed by atoms with Crippen LogP contribution in [0.15, 0.2) is 24.4 Å². The van der Waals surface area contributed by atoms with E-state index >= 15 is 0 Å². The van der Waals surface area contributed by atoms with Crippen LogP contribution in [0.25, 0.3) is 0 Å². The van der Waals surface area contributed by atoms with E-state index in [4.69, 9.17) is 0 Å². The lowest BCUT2D eigenvalue weighted by Crippen LogP contribution is -1.97. The second-order valence-corrected chi connectivity index (χ2v) is 2.04. The number of carbonyl (C=O) groups is 1. The molecule has 0 atom stereocenters. The van der Waals surface area contributed by atoms with Gasteiger partial charge in [0.15, 0.2) is 0 Å². The highest BCUT2D eigenvalue weighted by molar-refractivity contribution is 8.93. The van der Waals surface area contributed by atoms with Gasteiger partial charge in [0.05, 0.1) is 6.61 Å². The molecule has 0 saturated carbocycles. The van der Waals surface area contributed by atoms with Gasteiger partial charge < -0.3 is 4.74 Å². The maximum absolute atomic E-state index is 9.75. The molecular formula is C8H10BrNO2. The lowest BCUT2D eigenvalue weighted by atomic mass is 10.3. The lowest BCUT2D eigenvalue weighted by Gasteiger charge is -1.96. The lowest BCUT2D eigenvalue weighted by molar-refractivity contribution is -0.128. The van der Waals surface area contributed by atoms with Crippen molar-refractivity contribution >= 4 is 23.5 Å². The summed E-state index contributed by atoms with van der Waals surface area (Å²) < 4.78 is 4.52. The highest BCUT2D eigenvalue weighted by atomic mass is 79.9. The Balaban J connectivity index is 0.00000121. The molecule has 0 N–H and O–H groups in total. The van der Waals surface area contributed by atoms with Crippen LogP contribution in [0.2, 0.25) is 0 Å². The fourth-order valence-electron chi connectivity index (χ4n) is 0.758. The minimum absolute atomic E-state index is 0. The summed E-state index contributed by atoms with van der Waals surface area (Å²) in [6.07, 6.45) is 2.40. The van der Waals surface area contributed by atoms with Gasteiger partial charge in [-0.15, -0.1) is 17.0 Å². The van der Waals surface area contributed by atoms with E-state index in [0.29, 0.717) is 19.5 Å². The third-order valence-corrected chi connectivity index (χ3v) is 1.27. The van der Waals surface area contributed by atoms with Crippen LogP contribution in [-0.4, -0.2) is 18.1 Å². The Labute approximate surface area is 81.5 Å². The molecule has 0 aliphatic carbocycles. The van der Waals surface area contributed by atoms with E-state index in [1.54, 1.807) is 6.20 Å². The van der Waals surface area contributed by atoms with Crippen molar-refractivity contribution in [3.63, 3.8) is 0 Å². The molecule has 0 radical (unpaired) electrons. The molecule has 1 aromatic rings. The molecule has 3 nitrogen and oxygen atoms in total. The number of ether oxygens (including phenoxy) is 1. The number of rotatable bonds is 4. The zero-order chi connectivity index (χ0) is 7.94. The fourth-order valence-corrected chi connectivity index (χ4v) is 0.758. The fraction of sp³-hybridized carbons (Fsp3) is 0.250. The molecule has 1 rings (SSSR count). The minimum atomic E-state index is 0. The van der Waals surface area contributed by atoms with Gasteiger partial charge in [-0.05, 0) is 12.1 Å². The van der Waals surface area contributed by atoms with E-state index in [2.05, 4.69) is 9.72 Å². The van der Waals surface area contributed by atoms with Gasteiger partial charge in [0.1, 0.15) is 0 Å². The van der Waals surface area contributed by atoms with E-state index in [9.17, 15) is 4.79 Å². The molecular weight excluding hydrogens is 222 g/mol. The third-order valence-electron chi connectivity index (χ3n) is 1.27. The molecule has 1 aromatic heterocycles. The number of aromatic nitrogens is 1. The Morgan fingerprint density at radius 3 is 2.92 bits per heavy atom. The summed E-state index contributed by atoms with van der Waals surface area (Å²) in [5.74, 6) is 0. The Morgan fingerprint density at radius 1 is 1.50 bits per heavy atom. The third kappa shape index (κ3) is 4.08. The predicted molar refractivity (Wildman–Crippen MR) is 50.3 cm³/mol. The smallest absolute Gasteiger partial charge is 0.293 e. The van der Waals surface area contributed by atoms with Gasteiger partial charge in [-0.25, -0.2) is 0 Å². The molecule has 0 fully saturated rings. The highest BCUT2D eigenvalue weighted by Crippen LogP contribution is 1.93. The van der Waals surface area contributed by atoms with Crippen molar-refractivity contribution in [2.24, 2.45) is 0 Å². The zero-order valence-electron chi connectivity index (χ0n) is 6.47. The Hall–Kier alpha value is -0.900. The molecule has 0 bridgehead atoms. The standard InChI is InChI=1S/C8H9NO2.BrH/c10-7-11-6-4-8-3-1-2-5-9-8;/h1-3,5,7H,4,6H2;1H. The summed E-state index contributed by atoms with van der Waals surface area (Å²) in [6, 6.07) is 5.65. The molecule has 0 aliphatic heterocycles. The van der Waals surface area contributed by atoms with E-state index in [-0.39, 0.29) is 17.0 Å². The number of carbonyl (C=O) groups excluding carboxylic acids is 1. The van der Waals surface area contributed by atoms with Crippen LogP contribution in [0.3, 0.4) is 0 Å². The minimum Gasteiger partial charge on any atom is -0.467 e. The summed E-state index contributed by atoms with van der Waals surface area (Å²) in [7, 11) is 0. The predicted octanol–water partition coefficient (Wildman–Crippen LogP) is 1.38. The topological polar surface area (TPSA) is 39.2 Å². The first-order valence-corrected chi connectivity index (χ1v) is 3.38. The van der Waals surface area contributed by atoms with Crippen LogP contribution in [0, 0.1) is 0 Å². The molecule has 0 aliphatic rings. The maximum atomic E-state index is 9.75. The SMILES string of the molecule is Br.O=COCCc1ccccn1. The van der Waals surface area contributed by atoms with Gasteiger partial charge in [0.25, 0.3) is 6.47 Å². The van der Waals surface area contributed by atoms with E-state index in [1.165, 1.54) is 0 Å². The van der Waals surface area contributed by atoms with Gasteiger partial charge in [0, 0.05) is 18.3 Å². The first-order chi connectivity index (χ1) is 5.43. The van der Waals surface area contributed by atoms with Gasteiger partial charge in [0.2, 0.25) is 0 Å². The summed E-state index contributed by atoms with van der Waals surface area (Å²) >= 11 is 0. The molecule has 66 valence electrons. The Morgan fingerprint density at radius 2 is 2.33 bits per heavy atom. The Kier molecular flexibility index (Phi) is 6.28. The average molecular weight is 232 g/mol. The van der Waals surface area contributed by atoms with Crippen LogP contribution in [0.1, 0.15) is 5.69 Å². The zero-order valence-corrected chi connectivity index (χ0v) is 8.19. The largest absolute Gasteiger partial charge is 0.467 e. The normalized spacial score (nSPS) is 8.33. The number of halogens is 1. The van der Waals surface area contributed by atoms with Crippen molar-refractivity contribution in [1.29, 1.82) is 0 Å². The van der Waals surface area contributed by atoms with Crippen LogP contribution in [-0.2, 0) is 16.0 Å². The van der Waals surface area contributed by atoms with Crippen molar-refractivity contribution in [1.82, 2.24) is 4.98 Å². The molecule has 4 heteroatoms. The summed E-state index contributed by atoms with van der Waals surface area (Å²) in [6.45, 7) is 0.851. The number of hydrogen-bond donors (Lipinski definition) is 0. The number of hydrogen-bond acceptors (Lipinski definition) is 3. The second-order valence-electron chi connectivity index (χ2n) is 2.04. The van der Waals surface area contributed by atoms with Crippen molar-refractivity contribution in [3.8, 4) is 0 Å². The molecule has 1 heterocycles. The molecule has 0 spiro atoms. The van der Waals surface area contributed by atoms with Crippen molar-refractivity contribution in [3.05, 3.63) is 30.1 Å². The van der Waals surface area contributed by atoms with Crippen LogP contribution in [0.5, 0.6) is 0 Å². The van der Waals surface area contributed by atoms with E-state index < -0.39 is 0 Å². The van der Waals surface area contributed by atoms with Crippen molar-refractivity contribution < 1.29 is 9.53 Å². The van der Waals surface area contributed by atoms with Crippen molar-refractivity contribution in [2.45, 2.75) is 6.42 Å².